The Labute approximate surface area is 117 Å². The quantitative estimate of drug-likeness (QED) is 0.848. The molecule has 0 saturated heterocycles. The smallest absolute Gasteiger partial charge is 0.181 e. The van der Waals surface area contributed by atoms with Crippen LogP contribution in [0, 0.1) is 12.7 Å². The van der Waals surface area contributed by atoms with Crippen LogP contribution in [0.5, 0.6) is 5.75 Å². The maximum atomic E-state index is 13.1. The molecule has 0 fully saturated rings. The largest absolute Gasteiger partial charge is 0.497 e. The molecule has 2 rings (SSSR count). The van der Waals surface area contributed by atoms with Gasteiger partial charge < -0.3 is 10.1 Å². The van der Waals surface area contributed by atoms with Crippen molar-refractivity contribution in [2.75, 3.05) is 19.0 Å². The highest BCUT2D eigenvalue weighted by Gasteiger charge is 2.07. The Bertz CT molecular complexity index is 608. The van der Waals surface area contributed by atoms with E-state index in [4.69, 9.17) is 4.74 Å². The zero-order valence-corrected chi connectivity index (χ0v) is 11.4. The Morgan fingerprint density at radius 1 is 1.20 bits per heavy atom. The molecule has 4 heteroatoms. The van der Waals surface area contributed by atoms with E-state index in [1.165, 1.54) is 12.1 Å². The summed E-state index contributed by atoms with van der Waals surface area (Å²) in [6.45, 7) is 1.81. The summed E-state index contributed by atoms with van der Waals surface area (Å²) in [6.07, 6.45) is 0. The molecule has 0 bridgehead atoms. The Morgan fingerprint density at radius 3 is 2.50 bits per heavy atom. The van der Waals surface area contributed by atoms with Gasteiger partial charge in [-0.3, -0.25) is 4.79 Å². The van der Waals surface area contributed by atoms with Crippen LogP contribution in [0.15, 0.2) is 42.5 Å². The number of carbonyl (C=O) groups is 1. The average Bonchev–Trinajstić information content (AvgIpc) is 2.48. The van der Waals surface area contributed by atoms with Crippen LogP contribution in [0.3, 0.4) is 0 Å². The van der Waals surface area contributed by atoms with Crippen LogP contribution >= 0.6 is 0 Å². The third kappa shape index (κ3) is 3.35. The number of benzene rings is 2. The van der Waals surface area contributed by atoms with Crippen molar-refractivity contribution < 1.29 is 13.9 Å². The molecular weight excluding hydrogens is 257 g/mol. The number of ketones is 1. The van der Waals surface area contributed by atoms with E-state index in [1.807, 2.05) is 24.3 Å². The molecule has 3 nitrogen and oxygen atoms in total. The monoisotopic (exact) mass is 273 g/mol. The Balaban J connectivity index is 1.98. The number of Topliss-reactive ketones (excluding diaryl/α,β-unsaturated/α-hetero) is 1. The normalized spacial score (nSPS) is 10.2. The fourth-order valence-corrected chi connectivity index (χ4v) is 1.81. The lowest BCUT2D eigenvalue weighted by molar-refractivity contribution is 0.101. The Hall–Kier alpha value is -2.36. The van der Waals surface area contributed by atoms with Gasteiger partial charge in [-0.25, -0.2) is 4.39 Å². The number of anilines is 1. The number of halogens is 1. The van der Waals surface area contributed by atoms with Gasteiger partial charge in [0, 0.05) is 11.3 Å². The van der Waals surface area contributed by atoms with Crippen molar-refractivity contribution in [1.29, 1.82) is 0 Å². The lowest BCUT2D eigenvalue weighted by Gasteiger charge is -2.07. The standard InChI is InChI=1S/C16H16FNO2/c1-11-9-12(3-8-15(11)17)16(19)10-18-13-4-6-14(20-2)7-5-13/h3-9,18H,10H2,1-2H3. The van der Waals surface area contributed by atoms with Crippen LogP contribution in [-0.4, -0.2) is 19.4 Å². The maximum absolute atomic E-state index is 13.1. The molecular formula is C16H16FNO2. The minimum Gasteiger partial charge on any atom is -0.497 e. The number of hydrogen-bond donors (Lipinski definition) is 1. The summed E-state index contributed by atoms with van der Waals surface area (Å²) in [5.41, 5.74) is 1.81. The summed E-state index contributed by atoms with van der Waals surface area (Å²) in [6, 6.07) is 11.7. The van der Waals surface area contributed by atoms with E-state index in [0.29, 0.717) is 11.1 Å². The first-order valence-corrected chi connectivity index (χ1v) is 6.27. The number of methoxy groups -OCH3 is 1. The van der Waals surface area contributed by atoms with Gasteiger partial charge >= 0.3 is 0 Å². The Kier molecular flexibility index (Phi) is 4.35. The second kappa shape index (κ2) is 6.19. The average molecular weight is 273 g/mol. The molecule has 20 heavy (non-hydrogen) atoms. The van der Waals surface area contributed by atoms with Crippen molar-refractivity contribution in [2.45, 2.75) is 6.92 Å². The van der Waals surface area contributed by atoms with Crippen molar-refractivity contribution in [2.24, 2.45) is 0 Å². The van der Waals surface area contributed by atoms with E-state index in [9.17, 15) is 9.18 Å². The molecule has 2 aromatic carbocycles. The lowest BCUT2D eigenvalue weighted by Crippen LogP contribution is -2.14. The van der Waals surface area contributed by atoms with Crippen molar-refractivity contribution in [3.63, 3.8) is 0 Å². The molecule has 0 spiro atoms. The summed E-state index contributed by atoms with van der Waals surface area (Å²) in [5, 5.41) is 3.03. The van der Waals surface area contributed by atoms with Crippen LogP contribution in [0.4, 0.5) is 10.1 Å². The van der Waals surface area contributed by atoms with Crippen molar-refractivity contribution in [3.05, 3.63) is 59.4 Å². The zero-order valence-electron chi connectivity index (χ0n) is 11.4. The minimum absolute atomic E-state index is 0.0797. The van der Waals surface area contributed by atoms with Crippen LogP contribution < -0.4 is 10.1 Å². The van der Waals surface area contributed by atoms with E-state index in [0.717, 1.165) is 11.4 Å². The first kappa shape index (κ1) is 14.1. The van der Waals surface area contributed by atoms with Crippen molar-refractivity contribution in [3.8, 4) is 5.75 Å². The molecule has 104 valence electrons. The highest BCUT2D eigenvalue weighted by Crippen LogP contribution is 2.15. The maximum Gasteiger partial charge on any atom is 0.181 e. The molecule has 0 aromatic heterocycles. The molecule has 0 aliphatic carbocycles. The summed E-state index contributed by atoms with van der Waals surface area (Å²) >= 11 is 0. The first-order valence-electron chi connectivity index (χ1n) is 6.27. The van der Waals surface area contributed by atoms with Gasteiger partial charge in [-0.05, 0) is 55.0 Å². The SMILES string of the molecule is COc1ccc(NCC(=O)c2ccc(F)c(C)c2)cc1. The number of nitrogens with one attached hydrogen (secondary N) is 1. The van der Waals surface area contributed by atoms with Crippen LogP contribution in [0.1, 0.15) is 15.9 Å². The van der Waals surface area contributed by atoms with Gasteiger partial charge in [-0.2, -0.15) is 0 Å². The number of hydrogen-bond acceptors (Lipinski definition) is 3. The lowest BCUT2D eigenvalue weighted by atomic mass is 10.1. The summed E-state index contributed by atoms with van der Waals surface area (Å²) in [5.74, 6) is 0.379. The van der Waals surface area contributed by atoms with E-state index < -0.39 is 0 Å². The van der Waals surface area contributed by atoms with Crippen LogP contribution in [-0.2, 0) is 0 Å². The molecule has 1 N–H and O–H groups in total. The van der Waals surface area contributed by atoms with E-state index in [-0.39, 0.29) is 18.1 Å². The predicted octanol–water partition coefficient (Wildman–Crippen LogP) is 3.44. The molecule has 0 radical (unpaired) electrons. The number of aryl methyl sites for hydroxylation is 1. The Morgan fingerprint density at radius 2 is 1.90 bits per heavy atom. The molecule has 0 aliphatic heterocycles. The summed E-state index contributed by atoms with van der Waals surface area (Å²) in [4.78, 5) is 12.0. The second-order valence-corrected chi connectivity index (χ2v) is 4.47. The number of ether oxygens (including phenoxy) is 1. The third-order valence-corrected chi connectivity index (χ3v) is 3.02. The molecule has 0 aliphatic rings. The van der Waals surface area contributed by atoms with Gasteiger partial charge in [-0.15, -0.1) is 0 Å². The fourth-order valence-electron chi connectivity index (χ4n) is 1.81. The fraction of sp³-hybridized carbons (Fsp3) is 0.188. The topological polar surface area (TPSA) is 38.3 Å². The molecule has 2 aromatic rings. The highest BCUT2D eigenvalue weighted by atomic mass is 19.1. The van der Waals surface area contributed by atoms with Crippen molar-refractivity contribution in [1.82, 2.24) is 0 Å². The zero-order chi connectivity index (χ0) is 14.5. The number of rotatable bonds is 5. The van der Waals surface area contributed by atoms with E-state index in [2.05, 4.69) is 5.32 Å². The van der Waals surface area contributed by atoms with Gasteiger partial charge in [0.05, 0.1) is 13.7 Å². The first-order chi connectivity index (χ1) is 9.60. The van der Waals surface area contributed by atoms with Gasteiger partial charge in [0.2, 0.25) is 0 Å². The minimum atomic E-state index is -0.301. The molecule has 0 heterocycles. The predicted molar refractivity (Wildman–Crippen MR) is 77.0 cm³/mol. The summed E-state index contributed by atoms with van der Waals surface area (Å²) < 4.78 is 18.2. The molecule has 0 saturated carbocycles. The van der Waals surface area contributed by atoms with Crippen molar-refractivity contribution >= 4 is 11.5 Å². The van der Waals surface area contributed by atoms with Gasteiger partial charge in [0.1, 0.15) is 11.6 Å². The van der Waals surface area contributed by atoms with E-state index in [1.54, 1.807) is 20.1 Å². The van der Waals surface area contributed by atoms with Gasteiger partial charge in [0.15, 0.2) is 5.78 Å². The summed E-state index contributed by atoms with van der Waals surface area (Å²) in [7, 11) is 1.60. The number of carbonyl (C=O) groups excluding carboxylic acids is 1. The van der Waals surface area contributed by atoms with Crippen LogP contribution in [0.2, 0.25) is 0 Å². The molecule has 0 unspecified atom stereocenters. The highest BCUT2D eigenvalue weighted by molar-refractivity contribution is 5.99. The van der Waals surface area contributed by atoms with Crippen LogP contribution in [0.25, 0.3) is 0 Å². The van der Waals surface area contributed by atoms with E-state index >= 15 is 0 Å². The molecule has 0 atom stereocenters. The third-order valence-electron chi connectivity index (χ3n) is 3.02. The van der Waals surface area contributed by atoms with Gasteiger partial charge in [0.25, 0.3) is 0 Å². The second-order valence-electron chi connectivity index (χ2n) is 4.47. The van der Waals surface area contributed by atoms with Gasteiger partial charge in [-0.1, -0.05) is 0 Å². The molecule has 0 amide bonds.